The average molecular weight is 312 g/mol. The fraction of sp³-hybridized carbons (Fsp3) is 0.250. The molecule has 3 N–H and O–H groups in total. The van der Waals surface area contributed by atoms with E-state index in [9.17, 15) is 5.26 Å². The lowest BCUT2D eigenvalue weighted by atomic mass is 9.83. The molecule has 0 aliphatic carbocycles. The lowest BCUT2D eigenvalue weighted by Crippen LogP contribution is -2.21. The van der Waals surface area contributed by atoms with Gasteiger partial charge in [0.2, 0.25) is 11.8 Å². The predicted molar refractivity (Wildman–Crippen MR) is 81.6 cm³/mol. The van der Waals surface area contributed by atoms with Crippen LogP contribution in [0.4, 0.5) is 0 Å². The number of hydrogen-bond donors (Lipinski definition) is 2. The van der Waals surface area contributed by atoms with E-state index in [1.807, 2.05) is 24.3 Å². The van der Waals surface area contributed by atoms with Gasteiger partial charge in [0.05, 0.1) is 30.9 Å². The molecule has 3 rings (SSSR count). The highest BCUT2D eigenvalue weighted by Crippen LogP contribution is 2.45. The zero-order valence-corrected chi connectivity index (χ0v) is 12.8. The molecule has 0 fully saturated rings. The van der Waals surface area contributed by atoms with E-state index in [0.717, 1.165) is 16.8 Å². The van der Waals surface area contributed by atoms with Gasteiger partial charge in [-0.25, -0.2) is 0 Å². The fourth-order valence-corrected chi connectivity index (χ4v) is 2.78. The van der Waals surface area contributed by atoms with Crippen molar-refractivity contribution < 1.29 is 14.2 Å². The maximum Gasteiger partial charge on any atom is 0.244 e. The summed E-state index contributed by atoms with van der Waals surface area (Å²) in [5.74, 6) is 0.634. The van der Waals surface area contributed by atoms with E-state index < -0.39 is 5.92 Å². The normalized spacial score (nSPS) is 16.5. The van der Waals surface area contributed by atoms with Gasteiger partial charge in [-0.05, 0) is 6.07 Å². The first kappa shape index (κ1) is 14.9. The molecule has 0 amide bonds. The zero-order chi connectivity index (χ0) is 16.4. The van der Waals surface area contributed by atoms with Crippen LogP contribution in [-0.2, 0) is 11.3 Å². The maximum atomic E-state index is 9.57. The van der Waals surface area contributed by atoms with Crippen molar-refractivity contribution in [2.75, 3.05) is 14.2 Å². The number of ether oxygens (including phenoxy) is 3. The van der Waals surface area contributed by atoms with E-state index in [1.165, 1.54) is 0 Å². The van der Waals surface area contributed by atoms with Crippen molar-refractivity contribution in [3.63, 3.8) is 0 Å². The molecule has 0 bridgehead atoms. The van der Waals surface area contributed by atoms with Gasteiger partial charge >= 0.3 is 0 Å². The molecule has 0 saturated carbocycles. The molecule has 2 aromatic rings. The summed E-state index contributed by atoms with van der Waals surface area (Å²) in [6, 6.07) is 9.63. The number of aromatic amines is 1. The first-order valence-electron chi connectivity index (χ1n) is 6.97. The lowest BCUT2D eigenvalue weighted by Gasteiger charge is -2.25. The molecule has 1 aliphatic heterocycles. The maximum absolute atomic E-state index is 9.57. The summed E-state index contributed by atoms with van der Waals surface area (Å²) in [5.41, 5.74) is 8.53. The molecule has 1 aliphatic rings. The minimum atomic E-state index is -0.427. The third-order valence-electron chi connectivity index (χ3n) is 3.76. The third kappa shape index (κ3) is 2.39. The van der Waals surface area contributed by atoms with Gasteiger partial charge in [0.1, 0.15) is 17.4 Å². The molecule has 1 aromatic carbocycles. The molecule has 118 valence electrons. The van der Waals surface area contributed by atoms with Crippen LogP contribution in [-0.4, -0.2) is 24.4 Å². The number of nitrogens with zero attached hydrogens (tertiary/aromatic N) is 2. The second-order valence-corrected chi connectivity index (χ2v) is 5.02. The molecular formula is C16H16N4O3. The van der Waals surface area contributed by atoms with Crippen LogP contribution in [0.2, 0.25) is 0 Å². The Morgan fingerprint density at radius 3 is 2.87 bits per heavy atom. The molecular weight excluding hydrogens is 296 g/mol. The lowest BCUT2D eigenvalue weighted by molar-refractivity contribution is 0.180. The van der Waals surface area contributed by atoms with Crippen LogP contribution >= 0.6 is 0 Å². The SMILES string of the molecule is COCc1[nH]nc2c1[C@H](c1ccccc1OC)C(C#N)=C(N)O2. The zero-order valence-electron chi connectivity index (χ0n) is 12.8. The molecule has 7 heteroatoms. The second-order valence-electron chi connectivity index (χ2n) is 5.02. The number of hydrogen-bond acceptors (Lipinski definition) is 6. The van der Waals surface area contributed by atoms with E-state index in [-0.39, 0.29) is 5.88 Å². The number of methoxy groups -OCH3 is 2. The Morgan fingerprint density at radius 2 is 2.17 bits per heavy atom. The Morgan fingerprint density at radius 1 is 1.39 bits per heavy atom. The number of aromatic nitrogens is 2. The summed E-state index contributed by atoms with van der Waals surface area (Å²) in [6.45, 7) is 0.315. The van der Waals surface area contributed by atoms with Crippen LogP contribution in [0.15, 0.2) is 35.7 Å². The van der Waals surface area contributed by atoms with Crippen LogP contribution in [0.5, 0.6) is 11.6 Å². The Balaban J connectivity index is 2.24. The molecule has 1 aromatic heterocycles. The third-order valence-corrected chi connectivity index (χ3v) is 3.76. The second kappa shape index (κ2) is 6.02. The number of fused-ring (bicyclic) bond motifs is 1. The molecule has 7 nitrogen and oxygen atoms in total. The number of nitriles is 1. The number of nitrogens with two attached hydrogens (primary N) is 1. The van der Waals surface area contributed by atoms with Crippen molar-refractivity contribution in [3.05, 3.63) is 52.5 Å². The summed E-state index contributed by atoms with van der Waals surface area (Å²) < 4.78 is 16.1. The van der Waals surface area contributed by atoms with Gasteiger partial charge in [-0.15, -0.1) is 5.10 Å². The minimum Gasteiger partial charge on any atom is -0.496 e. The van der Waals surface area contributed by atoms with Crippen LogP contribution in [0.3, 0.4) is 0 Å². The van der Waals surface area contributed by atoms with Crippen molar-refractivity contribution in [1.29, 1.82) is 5.26 Å². The van der Waals surface area contributed by atoms with Gasteiger partial charge in [0.25, 0.3) is 0 Å². The Hall–Kier alpha value is -2.98. The Bertz CT molecular complexity index is 804. The smallest absolute Gasteiger partial charge is 0.244 e. The highest BCUT2D eigenvalue weighted by atomic mass is 16.5. The summed E-state index contributed by atoms with van der Waals surface area (Å²) >= 11 is 0. The fourth-order valence-electron chi connectivity index (χ4n) is 2.78. The van der Waals surface area contributed by atoms with Crippen LogP contribution in [0.1, 0.15) is 22.7 Å². The van der Waals surface area contributed by atoms with Crippen LogP contribution in [0, 0.1) is 11.3 Å². The largest absolute Gasteiger partial charge is 0.496 e. The molecule has 0 saturated heterocycles. The van der Waals surface area contributed by atoms with Crippen molar-refractivity contribution >= 4 is 0 Å². The van der Waals surface area contributed by atoms with E-state index in [2.05, 4.69) is 16.3 Å². The number of rotatable bonds is 4. The van der Waals surface area contributed by atoms with E-state index in [1.54, 1.807) is 14.2 Å². The number of para-hydroxylation sites is 1. The van der Waals surface area contributed by atoms with E-state index in [4.69, 9.17) is 19.9 Å². The molecule has 1 atom stereocenters. The summed E-state index contributed by atoms with van der Waals surface area (Å²) in [7, 11) is 3.17. The molecule has 0 radical (unpaired) electrons. The van der Waals surface area contributed by atoms with Gasteiger partial charge in [0.15, 0.2) is 0 Å². The first-order valence-corrected chi connectivity index (χ1v) is 6.97. The molecule has 2 heterocycles. The summed E-state index contributed by atoms with van der Waals surface area (Å²) in [6.07, 6.45) is 0. The van der Waals surface area contributed by atoms with E-state index >= 15 is 0 Å². The average Bonchev–Trinajstić information content (AvgIpc) is 2.96. The van der Waals surface area contributed by atoms with Crippen LogP contribution < -0.4 is 15.2 Å². The molecule has 0 unspecified atom stereocenters. The highest BCUT2D eigenvalue weighted by molar-refractivity contribution is 5.58. The Kier molecular flexibility index (Phi) is 3.91. The van der Waals surface area contributed by atoms with Gasteiger partial charge < -0.3 is 19.9 Å². The molecule has 0 spiro atoms. The molecule has 23 heavy (non-hydrogen) atoms. The van der Waals surface area contributed by atoms with E-state index in [0.29, 0.717) is 23.8 Å². The first-order chi connectivity index (χ1) is 11.2. The number of H-pyrrole nitrogens is 1. The monoisotopic (exact) mass is 312 g/mol. The number of nitrogens with one attached hydrogen (secondary N) is 1. The quantitative estimate of drug-likeness (QED) is 0.891. The number of allylic oxidation sites excluding steroid dienone is 1. The van der Waals surface area contributed by atoms with Crippen molar-refractivity contribution in [2.45, 2.75) is 12.5 Å². The minimum absolute atomic E-state index is 0.0476. The van der Waals surface area contributed by atoms with Crippen molar-refractivity contribution in [1.82, 2.24) is 10.2 Å². The van der Waals surface area contributed by atoms with Gasteiger partial charge in [-0.3, -0.25) is 5.10 Å². The van der Waals surface area contributed by atoms with Gasteiger partial charge in [-0.1, -0.05) is 18.2 Å². The van der Waals surface area contributed by atoms with Crippen molar-refractivity contribution in [3.8, 4) is 17.7 Å². The Labute approximate surface area is 133 Å². The van der Waals surface area contributed by atoms with Gasteiger partial charge in [0, 0.05) is 12.7 Å². The number of benzene rings is 1. The standard InChI is InChI=1S/C16H16N4O3/c1-21-8-11-14-13(9-5-3-4-6-12(9)22-2)10(7-17)15(18)23-16(14)20-19-11/h3-6,13H,8,18H2,1-2H3,(H,19,20)/t13-/m1/s1. The highest BCUT2D eigenvalue weighted by Gasteiger charge is 2.36. The van der Waals surface area contributed by atoms with Crippen molar-refractivity contribution in [2.24, 2.45) is 5.73 Å². The summed E-state index contributed by atoms with van der Waals surface area (Å²) in [4.78, 5) is 0. The van der Waals surface area contributed by atoms with Crippen LogP contribution in [0.25, 0.3) is 0 Å². The van der Waals surface area contributed by atoms with Gasteiger partial charge in [-0.2, -0.15) is 5.26 Å². The topological polar surface area (TPSA) is 106 Å². The summed E-state index contributed by atoms with van der Waals surface area (Å²) in [5, 5.41) is 16.6. The predicted octanol–water partition coefficient (Wildman–Crippen LogP) is 1.78.